The number of hydrogen-bond acceptors (Lipinski definition) is 8. The number of carboxylic acid groups (broad SMARTS) is 1. The second kappa shape index (κ2) is 7.56. The van der Waals surface area contributed by atoms with Gasteiger partial charge in [0.25, 0.3) is 17.4 Å². The summed E-state index contributed by atoms with van der Waals surface area (Å²) in [6.45, 7) is 0.0981. The highest BCUT2D eigenvalue weighted by Crippen LogP contribution is 2.36. The highest BCUT2D eigenvalue weighted by Gasteiger charge is 2.32. The normalized spacial score (nSPS) is 13.6. The molecular formula is C24H15N5O7. The molecule has 0 bridgehead atoms. The number of hydrogen-bond donors (Lipinski definition) is 3. The number of carboxylic acids is 1. The molecular weight excluding hydrogens is 470 g/mol. The zero-order valence-corrected chi connectivity index (χ0v) is 18.2. The van der Waals surface area contributed by atoms with Crippen LogP contribution in [0.5, 0.6) is 11.5 Å². The van der Waals surface area contributed by atoms with E-state index in [9.17, 15) is 24.3 Å². The molecule has 178 valence electrons. The van der Waals surface area contributed by atoms with Gasteiger partial charge in [-0.2, -0.15) is 5.10 Å². The number of fused-ring (bicyclic) bond motifs is 2. The van der Waals surface area contributed by atoms with Crippen LogP contribution in [0.3, 0.4) is 0 Å². The van der Waals surface area contributed by atoms with E-state index < -0.39 is 23.3 Å². The minimum Gasteiger partial charge on any atom is -0.476 e. The van der Waals surface area contributed by atoms with E-state index in [0.717, 1.165) is 10.6 Å². The number of amides is 2. The fourth-order valence-electron chi connectivity index (χ4n) is 4.23. The first-order valence-corrected chi connectivity index (χ1v) is 10.6. The number of aromatic carboxylic acids is 1. The first kappa shape index (κ1) is 21.2. The molecule has 0 atom stereocenters. The summed E-state index contributed by atoms with van der Waals surface area (Å²) in [4.78, 5) is 48.4. The number of imide groups is 1. The maximum atomic E-state index is 12.7. The van der Waals surface area contributed by atoms with Gasteiger partial charge in [-0.1, -0.05) is 0 Å². The molecule has 2 aromatic carbocycles. The minimum atomic E-state index is -1.20. The maximum Gasteiger partial charge on any atom is 0.356 e. The molecule has 0 saturated carbocycles. The molecule has 0 fully saturated rings. The Hall–Kier alpha value is -5.39. The lowest BCUT2D eigenvalue weighted by molar-refractivity contribution is 0.0689. The third kappa shape index (κ3) is 3.12. The summed E-state index contributed by atoms with van der Waals surface area (Å²) in [7, 11) is 0. The number of carbonyl (C=O) groups excluding carboxylic acids is 2. The van der Waals surface area contributed by atoms with Gasteiger partial charge in [-0.25, -0.2) is 9.48 Å². The zero-order chi connectivity index (χ0) is 25.1. The van der Waals surface area contributed by atoms with Crippen LogP contribution in [0.25, 0.3) is 22.6 Å². The van der Waals surface area contributed by atoms with Crippen molar-refractivity contribution in [1.29, 1.82) is 0 Å². The fourth-order valence-corrected chi connectivity index (χ4v) is 4.23. The number of anilines is 1. The number of nitrogen functional groups attached to an aromatic ring is 1. The molecule has 6 rings (SSSR count). The number of rotatable bonds is 4. The number of nitrogens with two attached hydrogens (primary N) is 1. The molecule has 2 aliphatic rings. The van der Waals surface area contributed by atoms with E-state index in [1.165, 1.54) is 10.7 Å². The van der Waals surface area contributed by atoms with E-state index in [1.807, 2.05) is 0 Å². The summed E-state index contributed by atoms with van der Waals surface area (Å²) in [5, 5.41) is 15.8. The van der Waals surface area contributed by atoms with Crippen LogP contribution in [0.4, 0.5) is 5.82 Å². The standard InChI is InChI=1S/C24H15N5O7/c25-21-20-14(22(31)26-23(20)32)8-19(30)28(21)12-2-4-13(5-3-12)29-16(9-15(27-29)24(33)34)11-1-6-17-18(7-11)36-10-35-17/h1-9H,10,25H2,(H,33,34)(H,26,31,32). The van der Waals surface area contributed by atoms with E-state index in [4.69, 9.17) is 15.2 Å². The Kier molecular flexibility index (Phi) is 4.45. The SMILES string of the molecule is Nc1c2c(cc(=O)n1-c1ccc(-n3nc(C(=O)O)cc3-c3ccc4c(c3)OCO4)cc1)C(=O)NC2=O. The molecule has 0 radical (unpaired) electrons. The topological polar surface area (TPSA) is 168 Å². The van der Waals surface area contributed by atoms with Gasteiger partial charge in [0.2, 0.25) is 6.79 Å². The molecule has 0 unspecified atom stereocenters. The summed E-state index contributed by atoms with van der Waals surface area (Å²) >= 11 is 0. The quantitative estimate of drug-likeness (QED) is 0.364. The molecule has 12 nitrogen and oxygen atoms in total. The molecule has 2 aliphatic heterocycles. The third-order valence-corrected chi connectivity index (χ3v) is 5.90. The molecule has 2 amide bonds. The van der Waals surface area contributed by atoms with Crippen LogP contribution < -0.4 is 26.1 Å². The first-order chi connectivity index (χ1) is 17.3. The summed E-state index contributed by atoms with van der Waals surface area (Å²) in [6.07, 6.45) is 0. The molecule has 0 saturated heterocycles. The number of nitrogens with one attached hydrogen (secondary N) is 1. The predicted octanol–water partition coefficient (Wildman–Crippen LogP) is 1.58. The number of nitrogens with zero attached hydrogens (tertiary/aromatic N) is 3. The highest BCUT2D eigenvalue weighted by atomic mass is 16.7. The zero-order valence-electron chi connectivity index (χ0n) is 18.2. The molecule has 4 N–H and O–H groups in total. The Morgan fingerprint density at radius 3 is 2.42 bits per heavy atom. The van der Waals surface area contributed by atoms with Crippen LogP contribution in [0.1, 0.15) is 31.2 Å². The van der Waals surface area contributed by atoms with Gasteiger partial charge in [-0.15, -0.1) is 0 Å². The van der Waals surface area contributed by atoms with Crippen molar-refractivity contribution in [2.24, 2.45) is 0 Å². The second-order valence-electron chi connectivity index (χ2n) is 7.99. The van der Waals surface area contributed by atoms with Gasteiger partial charge in [0.1, 0.15) is 5.82 Å². The number of carbonyl (C=O) groups is 3. The molecule has 0 aliphatic carbocycles. The summed E-state index contributed by atoms with van der Waals surface area (Å²) in [5.74, 6) is -1.60. The lowest BCUT2D eigenvalue weighted by atomic mass is 10.1. The van der Waals surface area contributed by atoms with E-state index in [1.54, 1.807) is 42.5 Å². The van der Waals surface area contributed by atoms with Gasteiger partial charge in [0.15, 0.2) is 17.2 Å². The molecule has 2 aromatic heterocycles. The van der Waals surface area contributed by atoms with E-state index in [-0.39, 0.29) is 29.4 Å². The smallest absolute Gasteiger partial charge is 0.356 e. The molecule has 4 aromatic rings. The van der Waals surface area contributed by atoms with Crippen molar-refractivity contribution in [3.05, 3.63) is 81.8 Å². The summed E-state index contributed by atoms with van der Waals surface area (Å²) in [5.41, 5.74) is 7.19. The number of pyridine rings is 1. The number of aromatic nitrogens is 3. The Balaban J connectivity index is 1.44. The Morgan fingerprint density at radius 1 is 0.944 bits per heavy atom. The van der Waals surface area contributed by atoms with Crippen molar-refractivity contribution < 1.29 is 29.0 Å². The van der Waals surface area contributed by atoms with Crippen LogP contribution >= 0.6 is 0 Å². The van der Waals surface area contributed by atoms with E-state index in [0.29, 0.717) is 34.1 Å². The van der Waals surface area contributed by atoms with E-state index >= 15 is 0 Å². The molecule has 36 heavy (non-hydrogen) atoms. The fraction of sp³-hybridized carbons (Fsp3) is 0.0417. The van der Waals surface area contributed by atoms with Crippen LogP contribution in [-0.4, -0.2) is 44.0 Å². The highest BCUT2D eigenvalue weighted by molar-refractivity contribution is 6.23. The molecule has 4 heterocycles. The van der Waals surface area contributed by atoms with Crippen molar-refractivity contribution >= 4 is 23.6 Å². The van der Waals surface area contributed by atoms with Gasteiger partial charge in [0.05, 0.1) is 28.2 Å². The van der Waals surface area contributed by atoms with E-state index in [2.05, 4.69) is 10.4 Å². The van der Waals surface area contributed by atoms with Crippen molar-refractivity contribution in [2.45, 2.75) is 0 Å². The molecule has 0 spiro atoms. The lowest BCUT2D eigenvalue weighted by Crippen LogP contribution is -2.24. The van der Waals surface area contributed by atoms with Gasteiger partial charge < -0.3 is 20.3 Å². The van der Waals surface area contributed by atoms with Crippen LogP contribution in [0.2, 0.25) is 0 Å². The van der Waals surface area contributed by atoms with Crippen molar-refractivity contribution in [3.8, 4) is 34.1 Å². The Bertz CT molecular complexity index is 1680. The van der Waals surface area contributed by atoms with Crippen molar-refractivity contribution in [1.82, 2.24) is 19.7 Å². The van der Waals surface area contributed by atoms with Gasteiger partial charge in [0, 0.05) is 11.6 Å². The predicted molar refractivity (Wildman–Crippen MR) is 124 cm³/mol. The second-order valence-corrected chi connectivity index (χ2v) is 7.99. The Labute approximate surface area is 201 Å². The van der Waals surface area contributed by atoms with Gasteiger partial charge in [-0.05, 0) is 48.5 Å². The lowest BCUT2D eigenvalue weighted by Gasteiger charge is -2.13. The van der Waals surface area contributed by atoms with Crippen molar-refractivity contribution in [2.75, 3.05) is 12.5 Å². The van der Waals surface area contributed by atoms with Crippen LogP contribution in [0.15, 0.2) is 59.4 Å². The minimum absolute atomic E-state index is 0.0630. The summed E-state index contributed by atoms with van der Waals surface area (Å²) < 4.78 is 13.3. The number of ether oxygens (including phenoxy) is 2. The number of benzene rings is 2. The third-order valence-electron chi connectivity index (χ3n) is 5.90. The van der Waals surface area contributed by atoms with Crippen LogP contribution in [-0.2, 0) is 0 Å². The Morgan fingerprint density at radius 2 is 1.67 bits per heavy atom. The van der Waals surface area contributed by atoms with Gasteiger partial charge >= 0.3 is 5.97 Å². The average Bonchev–Trinajstić information content (AvgIpc) is 3.56. The van der Waals surface area contributed by atoms with Gasteiger partial charge in [-0.3, -0.25) is 24.3 Å². The molecule has 12 heteroatoms. The summed E-state index contributed by atoms with van der Waals surface area (Å²) in [6, 6.07) is 14.1. The largest absolute Gasteiger partial charge is 0.476 e. The monoisotopic (exact) mass is 485 g/mol. The van der Waals surface area contributed by atoms with Crippen LogP contribution in [0, 0.1) is 0 Å². The maximum absolute atomic E-state index is 12.7. The average molecular weight is 485 g/mol. The first-order valence-electron chi connectivity index (χ1n) is 10.6. The van der Waals surface area contributed by atoms with Crippen molar-refractivity contribution in [3.63, 3.8) is 0 Å².